The number of nitrogens with zero attached hydrogens (tertiary/aromatic N) is 2. The van der Waals surface area contributed by atoms with Gasteiger partial charge in [0.1, 0.15) is 0 Å². The molecule has 0 fully saturated rings. The molecule has 0 aliphatic rings. The minimum Gasteiger partial charge on any atom is -0.193 e. The Morgan fingerprint density at radius 1 is 0.562 bits per heavy atom. The maximum absolute atomic E-state index is 8.19. The maximum Gasteiger partial charge on any atom is 0.0912 e. The zero-order valence-corrected chi connectivity index (χ0v) is 18.7. The Morgan fingerprint density at radius 3 is 1.25 bits per heavy atom. The summed E-state index contributed by atoms with van der Waals surface area (Å²) in [6, 6.07) is 23.6. The third-order valence-electron chi connectivity index (χ3n) is 2.83. The van der Waals surface area contributed by atoms with Gasteiger partial charge >= 0.3 is 0 Å². The first-order valence-corrected chi connectivity index (χ1v) is 9.54. The monoisotopic (exact) mass is 420 g/mol. The van der Waals surface area contributed by atoms with Gasteiger partial charge in [0.2, 0.25) is 0 Å². The summed E-state index contributed by atoms with van der Waals surface area (Å²) in [5, 5.41) is 15.7. The first kappa shape index (κ1) is 32.0. The Kier molecular flexibility index (Phi) is 31.1. The number of benzene rings is 2. The van der Waals surface area contributed by atoms with Gasteiger partial charge in [-0.2, -0.15) is 10.5 Å². The highest BCUT2D eigenvalue weighted by molar-refractivity contribution is 5.50. The molecule has 2 nitrogen and oxygen atoms in total. The van der Waals surface area contributed by atoms with Crippen LogP contribution in [0.2, 0.25) is 0 Å². The van der Waals surface area contributed by atoms with Crippen molar-refractivity contribution in [3.05, 3.63) is 160 Å². The summed E-state index contributed by atoms with van der Waals surface area (Å²) in [6.07, 6.45) is 16.5. The molecule has 32 heavy (non-hydrogen) atoms. The van der Waals surface area contributed by atoms with Crippen molar-refractivity contribution in [2.45, 2.75) is 0 Å². The SMILES string of the molecule is C=CC#N.C=CC=C.C=CC=C.C=Cc1ccccc1.N#CC=CC=Cc1ccccc1. The summed E-state index contributed by atoms with van der Waals surface area (Å²) in [5.41, 5.74) is 2.31. The Bertz CT molecular complexity index is 863. The summed E-state index contributed by atoms with van der Waals surface area (Å²) in [7, 11) is 0. The normalized spacial score (nSPS) is 7.81. The van der Waals surface area contributed by atoms with Crippen molar-refractivity contribution in [2.75, 3.05) is 0 Å². The maximum atomic E-state index is 8.19. The van der Waals surface area contributed by atoms with Crippen molar-refractivity contribution < 1.29 is 0 Å². The van der Waals surface area contributed by atoms with Gasteiger partial charge in [-0.3, -0.25) is 0 Å². The first-order chi connectivity index (χ1) is 15.6. The number of allylic oxidation sites excluding steroid dienone is 8. The Balaban J connectivity index is -0.000000364. The summed E-state index contributed by atoms with van der Waals surface area (Å²) in [4.78, 5) is 0. The van der Waals surface area contributed by atoms with Gasteiger partial charge in [0, 0.05) is 12.2 Å². The number of hydrogen-bond donors (Lipinski definition) is 0. The fraction of sp³-hybridized carbons (Fsp3) is 0. The van der Waals surface area contributed by atoms with E-state index in [4.69, 9.17) is 10.5 Å². The van der Waals surface area contributed by atoms with E-state index in [-0.39, 0.29) is 0 Å². The van der Waals surface area contributed by atoms with Crippen LogP contribution in [-0.4, -0.2) is 0 Å². The predicted molar refractivity (Wildman–Crippen MR) is 143 cm³/mol. The Morgan fingerprint density at radius 2 is 0.969 bits per heavy atom. The molecule has 2 rings (SSSR count). The summed E-state index contributed by atoms with van der Waals surface area (Å²) in [5.74, 6) is 0. The van der Waals surface area contributed by atoms with Gasteiger partial charge in [-0.25, -0.2) is 0 Å². The second-order valence-electron chi connectivity index (χ2n) is 5.15. The van der Waals surface area contributed by atoms with Crippen LogP contribution in [0.3, 0.4) is 0 Å². The van der Waals surface area contributed by atoms with Crippen LogP contribution >= 0.6 is 0 Å². The van der Waals surface area contributed by atoms with E-state index in [9.17, 15) is 0 Å². The summed E-state index contributed by atoms with van der Waals surface area (Å²) in [6.45, 7) is 20.2. The van der Waals surface area contributed by atoms with Gasteiger partial charge < -0.3 is 0 Å². The highest BCUT2D eigenvalue weighted by Crippen LogP contribution is 2.00. The van der Waals surface area contributed by atoms with Crippen molar-refractivity contribution >= 4 is 12.2 Å². The first-order valence-electron chi connectivity index (χ1n) is 9.54. The molecule has 162 valence electrons. The molecule has 2 aromatic carbocycles. The molecule has 0 atom stereocenters. The average molecular weight is 421 g/mol. The predicted octanol–water partition coefficient (Wildman–Crippen LogP) is 8.52. The molecule has 0 aromatic heterocycles. The minimum absolute atomic E-state index is 1.14. The third-order valence-corrected chi connectivity index (χ3v) is 2.83. The molecule has 2 aromatic rings. The van der Waals surface area contributed by atoms with Gasteiger partial charge in [0.05, 0.1) is 12.1 Å². The third kappa shape index (κ3) is 30.1. The number of rotatable bonds is 5. The number of nitriles is 2. The van der Waals surface area contributed by atoms with Crippen molar-refractivity contribution in [1.82, 2.24) is 0 Å². The van der Waals surface area contributed by atoms with Gasteiger partial charge in [0.25, 0.3) is 0 Å². The molecule has 0 N–H and O–H groups in total. The molecular weight excluding hydrogens is 388 g/mol. The van der Waals surface area contributed by atoms with Crippen LogP contribution in [0.1, 0.15) is 11.1 Å². The molecule has 0 bridgehead atoms. The lowest BCUT2D eigenvalue weighted by Gasteiger charge is -1.87. The molecule has 0 spiro atoms. The molecular formula is C30H32N2. The molecule has 0 aliphatic heterocycles. The van der Waals surface area contributed by atoms with E-state index in [1.807, 2.05) is 85.0 Å². The molecule has 0 saturated carbocycles. The molecule has 0 aliphatic carbocycles. The van der Waals surface area contributed by atoms with Crippen molar-refractivity contribution in [2.24, 2.45) is 0 Å². The van der Waals surface area contributed by atoms with E-state index in [1.54, 1.807) is 36.4 Å². The highest BCUT2D eigenvalue weighted by atomic mass is 14.2. The second-order valence-corrected chi connectivity index (χ2v) is 5.15. The zero-order valence-electron chi connectivity index (χ0n) is 18.7. The highest BCUT2D eigenvalue weighted by Gasteiger charge is 1.79. The average Bonchev–Trinajstić information content (AvgIpc) is 2.88. The molecule has 0 saturated heterocycles. The zero-order chi connectivity index (χ0) is 24.7. The van der Waals surface area contributed by atoms with E-state index in [0.29, 0.717) is 0 Å². The van der Waals surface area contributed by atoms with E-state index < -0.39 is 0 Å². The lowest BCUT2D eigenvalue weighted by Crippen LogP contribution is -1.66. The molecule has 0 radical (unpaired) electrons. The van der Waals surface area contributed by atoms with Crippen molar-refractivity contribution in [3.63, 3.8) is 0 Å². The van der Waals surface area contributed by atoms with E-state index in [0.717, 1.165) is 5.56 Å². The van der Waals surface area contributed by atoms with E-state index in [2.05, 4.69) is 39.5 Å². The topological polar surface area (TPSA) is 47.6 Å². The fourth-order valence-corrected chi connectivity index (χ4v) is 1.42. The molecule has 2 heteroatoms. The van der Waals surface area contributed by atoms with Crippen LogP contribution in [-0.2, 0) is 0 Å². The van der Waals surface area contributed by atoms with Crippen LogP contribution in [0.15, 0.2) is 149 Å². The van der Waals surface area contributed by atoms with Crippen LogP contribution in [0.5, 0.6) is 0 Å². The van der Waals surface area contributed by atoms with Crippen molar-refractivity contribution in [1.29, 1.82) is 10.5 Å². The van der Waals surface area contributed by atoms with E-state index in [1.165, 1.54) is 17.7 Å². The Hall–Kier alpha value is -4.66. The second kappa shape index (κ2) is 31.0. The van der Waals surface area contributed by atoms with Crippen LogP contribution in [0.25, 0.3) is 12.2 Å². The minimum atomic E-state index is 1.14. The largest absolute Gasteiger partial charge is 0.193 e. The summed E-state index contributed by atoms with van der Waals surface area (Å²) >= 11 is 0. The van der Waals surface area contributed by atoms with Gasteiger partial charge in [0.15, 0.2) is 0 Å². The Labute approximate surface area is 194 Å². The lowest BCUT2D eigenvalue weighted by atomic mass is 10.2. The standard InChI is InChI=1S/C11H9N.C8H8.2C4H6.C3H3N/c12-10-6-2-5-9-11-7-3-1-4-8-11;1-2-8-6-4-3-5-7-8;2*1-3-4-2;1-2-3-4/h1-9H;2-7H,1H2;2*3-4H,1-2H2;2H,1H2. The van der Waals surface area contributed by atoms with Crippen molar-refractivity contribution in [3.8, 4) is 12.1 Å². The number of hydrogen-bond acceptors (Lipinski definition) is 2. The van der Waals surface area contributed by atoms with Crippen LogP contribution in [0.4, 0.5) is 0 Å². The van der Waals surface area contributed by atoms with Gasteiger partial charge in [-0.15, -0.1) is 0 Å². The van der Waals surface area contributed by atoms with E-state index >= 15 is 0 Å². The van der Waals surface area contributed by atoms with Gasteiger partial charge in [-0.1, -0.05) is 149 Å². The van der Waals surface area contributed by atoms with Crippen LogP contribution in [0, 0.1) is 22.7 Å². The van der Waals surface area contributed by atoms with Crippen LogP contribution < -0.4 is 0 Å². The molecule has 0 amide bonds. The molecule has 0 heterocycles. The molecule has 0 unspecified atom stereocenters. The smallest absolute Gasteiger partial charge is 0.0912 e. The summed E-state index contributed by atoms with van der Waals surface area (Å²) < 4.78 is 0. The quantitative estimate of drug-likeness (QED) is 0.359. The van der Waals surface area contributed by atoms with Gasteiger partial charge in [-0.05, 0) is 11.1 Å². The fourth-order valence-electron chi connectivity index (χ4n) is 1.42. The lowest BCUT2D eigenvalue weighted by molar-refractivity contribution is 1.53.